The Morgan fingerprint density at radius 3 is 2.87 bits per heavy atom. The molecule has 0 bridgehead atoms. The Balaban J connectivity index is 0.00000341. The lowest BCUT2D eigenvalue weighted by Gasteiger charge is -2.20. The van der Waals surface area contributed by atoms with Crippen molar-refractivity contribution in [1.82, 2.24) is 15.6 Å². The molecule has 2 heterocycles. The third-order valence-corrected chi connectivity index (χ3v) is 4.92. The number of benzene rings is 1. The molecule has 1 aliphatic heterocycles. The van der Waals surface area contributed by atoms with Crippen LogP contribution in [0.25, 0.3) is 0 Å². The van der Waals surface area contributed by atoms with Gasteiger partial charge in [0.05, 0.1) is 11.6 Å². The van der Waals surface area contributed by atoms with Crippen molar-refractivity contribution in [2.45, 2.75) is 25.5 Å². The predicted octanol–water partition coefficient (Wildman–Crippen LogP) is 3.07. The summed E-state index contributed by atoms with van der Waals surface area (Å²) in [7, 11) is 0. The summed E-state index contributed by atoms with van der Waals surface area (Å²) in [5.41, 5.74) is 0. The van der Waals surface area contributed by atoms with Gasteiger partial charge in [-0.1, -0.05) is 11.6 Å². The SMILES string of the molecule is CCNC(=NCC(O)COc1ccc(F)cc1)NC1CCN(c2ncccc2Cl)C1.I. The molecule has 0 radical (unpaired) electrons. The summed E-state index contributed by atoms with van der Waals surface area (Å²) in [5.74, 6) is 1.60. The molecule has 0 saturated carbocycles. The number of aliphatic imine (C=N–C) groups is 1. The Bertz CT molecular complexity index is 843. The van der Waals surface area contributed by atoms with Gasteiger partial charge in [-0.25, -0.2) is 9.37 Å². The van der Waals surface area contributed by atoms with E-state index in [0.29, 0.717) is 23.3 Å². The number of aliphatic hydroxyl groups excluding tert-OH is 1. The molecule has 170 valence electrons. The summed E-state index contributed by atoms with van der Waals surface area (Å²) in [6, 6.07) is 9.53. The van der Waals surface area contributed by atoms with E-state index in [2.05, 4.69) is 25.5 Å². The molecule has 2 aromatic rings. The molecule has 0 spiro atoms. The quantitative estimate of drug-likeness (QED) is 0.260. The lowest BCUT2D eigenvalue weighted by molar-refractivity contribution is 0.114. The van der Waals surface area contributed by atoms with Gasteiger partial charge < -0.3 is 25.4 Å². The van der Waals surface area contributed by atoms with Crippen LogP contribution in [-0.4, -0.2) is 61.0 Å². The van der Waals surface area contributed by atoms with Crippen LogP contribution in [0.5, 0.6) is 5.75 Å². The fourth-order valence-corrected chi connectivity index (χ4v) is 3.41. The Labute approximate surface area is 204 Å². The molecule has 0 amide bonds. The van der Waals surface area contributed by atoms with Crippen LogP contribution >= 0.6 is 35.6 Å². The molecule has 1 aromatic carbocycles. The Hall–Kier alpha value is -1.85. The maximum absolute atomic E-state index is 12.9. The number of aliphatic hydroxyl groups is 1. The molecule has 1 saturated heterocycles. The van der Waals surface area contributed by atoms with E-state index in [0.717, 1.165) is 25.3 Å². The minimum atomic E-state index is -0.780. The van der Waals surface area contributed by atoms with Gasteiger partial charge in [0.15, 0.2) is 5.96 Å². The second-order valence-electron chi connectivity index (χ2n) is 7.02. The number of hydrogen-bond acceptors (Lipinski definition) is 5. The number of rotatable bonds is 8. The first-order valence-corrected chi connectivity index (χ1v) is 10.4. The highest BCUT2D eigenvalue weighted by molar-refractivity contribution is 14.0. The Kier molecular flexibility index (Phi) is 10.6. The van der Waals surface area contributed by atoms with Gasteiger partial charge in [-0.3, -0.25) is 4.99 Å². The molecule has 1 aromatic heterocycles. The predicted molar refractivity (Wildman–Crippen MR) is 132 cm³/mol. The van der Waals surface area contributed by atoms with Crippen LogP contribution in [0.15, 0.2) is 47.6 Å². The van der Waals surface area contributed by atoms with Crippen molar-refractivity contribution in [2.24, 2.45) is 4.99 Å². The van der Waals surface area contributed by atoms with Crippen molar-refractivity contribution in [1.29, 1.82) is 0 Å². The number of nitrogens with one attached hydrogen (secondary N) is 2. The summed E-state index contributed by atoms with van der Waals surface area (Å²) >= 11 is 6.25. The van der Waals surface area contributed by atoms with E-state index in [4.69, 9.17) is 16.3 Å². The molecular weight excluding hydrogens is 536 g/mol. The Morgan fingerprint density at radius 2 is 2.16 bits per heavy atom. The lowest BCUT2D eigenvalue weighted by atomic mass is 10.3. The monoisotopic (exact) mass is 563 g/mol. The van der Waals surface area contributed by atoms with Gasteiger partial charge in [-0.15, -0.1) is 24.0 Å². The molecule has 3 rings (SSSR count). The van der Waals surface area contributed by atoms with Crippen molar-refractivity contribution in [3.05, 3.63) is 53.4 Å². The summed E-state index contributed by atoms with van der Waals surface area (Å²) in [4.78, 5) is 11.0. The number of pyridine rings is 1. The molecule has 3 N–H and O–H groups in total. The van der Waals surface area contributed by atoms with Crippen molar-refractivity contribution in [2.75, 3.05) is 37.7 Å². The van der Waals surface area contributed by atoms with Crippen LogP contribution in [0, 0.1) is 5.82 Å². The third kappa shape index (κ3) is 7.97. The standard InChI is InChI=1S/C21H27ClFN5O2.HI/c1-2-24-21(26-12-17(29)14-30-18-7-5-15(23)6-8-18)27-16-9-11-28(13-16)20-19(22)4-3-10-25-20;/h3-8,10,16-17,29H,2,9,11-14H2,1H3,(H2,24,26,27);1H. The molecular formula is C21H28ClFIN5O2. The van der Waals surface area contributed by atoms with E-state index in [1.165, 1.54) is 24.3 Å². The minimum Gasteiger partial charge on any atom is -0.491 e. The van der Waals surface area contributed by atoms with Gasteiger partial charge in [0.25, 0.3) is 0 Å². The van der Waals surface area contributed by atoms with E-state index >= 15 is 0 Å². The van der Waals surface area contributed by atoms with Gasteiger partial charge in [0, 0.05) is 31.9 Å². The summed E-state index contributed by atoms with van der Waals surface area (Å²) < 4.78 is 18.4. The molecule has 1 aliphatic rings. The first kappa shape index (κ1) is 25.4. The zero-order valence-electron chi connectivity index (χ0n) is 17.3. The van der Waals surface area contributed by atoms with E-state index in [1.54, 1.807) is 6.20 Å². The first-order chi connectivity index (χ1) is 14.5. The smallest absolute Gasteiger partial charge is 0.191 e. The highest BCUT2D eigenvalue weighted by Crippen LogP contribution is 2.25. The van der Waals surface area contributed by atoms with E-state index in [1.807, 2.05) is 19.1 Å². The van der Waals surface area contributed by atoms with Gasteiger partial charge in [-0.05, 0) is 49.7 Å². The van der Waals surface area contributed by atoms with Crippen molar-refractivity contribution >= 4 is 47.4 Å². The highest BCUT2D eigenvalue weighted by Gasteiger charge is 2.25. The van der Waals surface area contributed by atoms with Crippen LogP contribution in [-0.2, 0) is 0 Å². The number of anilines is 1. The number of guanidine groups is 1. The minimum absolute atomic E-state index is 0. The number of nitrogens with zero attached hydrogens (tertiary/aromatic N) is 3. The topological polar surface area (TPSA) is 82.0 Å². The zero-order chi connectivity index (χ0) is 21.3. The highest BCUT2D eigenvalue weighted by atomic mass is 127. The number of ether oxygens (including phenoxy) is 1. The molecule has 2 unspecified atom stereocenters. The van der Waals surface area contributed by atoms with Crippen LogP contribution in [0.3, 0.4) is 0 Å². The maximum atomic E-state index is 12.9. The van der Waals surface area contributed by atoms with Crippen molar-refractivity contribution in [3.8, 4) is 5.75 Å². The molecule has 7 nitrogen and oxygen atoms in total. The fourth-order valence-electron chi connectivity index (χ4n) is 3.17. The van der Waals surface area contributed by atoms with E-state index < -0.39 is 6.10 Å². The van der Waals surface area contributed by atoms with E-state index in [9.17, 15) is 9.50 Å². The van der Waals surface area contributed by atoms with E-state index in [-0.39, 0.29) is 49.0 Å². The van der Waals surface area contributed by atoms with Crippen LogP contribution in [0.2, 0.25) is 5.02 Å². The molecule has 0 aliphatic carbocycles. The summed E-state index contributed by atoms with van der Waals surface area (Å²) in [5, 5.41) is 17.4. The summed E-state index contributed by atoms with van der Waals surface area (Å²) in [6.07, 6.45) is 1.88. The van der Waals surface area contributed by atoms with Crippen molar-refractivity contribution in [3.63, 3.8) is 0 Å². The molecule has 1 fully saturated rings. The van der Waals surface area contributed by atoms with Crippen molar-refractivity contribution < 1.29 is 14.2 Å². The number of halogens is 3. The second-order valence-corrected chi connectivity index (χ2v) is 7.43. The van der Waals surface area contributed by atoms with Crippen LogP contribution in [0.4, 0.5) is 10.2 Å². The van der Waals surface area contributed by atoms with Gasteiger partial charge >= 0.3 is 0 Å². The first-order valence-electron chi connectivity index (χ1n) is 10.0. The van der Waals surface area contributed by atoms with Crippen LogP contribution in [0.1, 0.15) is 13.3 Å². The molecule has 10 heteroatoms. The molecule has 2 atom stereocenters. The zero-order valence-corrected chi connectivity index (χ0v) is 20.4. The average molecular weight is 564 g/mol. The summed E-state index contributed by atoms with van der Waals surface area (Å²) in [6.45, 7) is 4.55. The lowest BCUT2D eigenvalue weighted by Crippen LogP contribution is -2.45. The van der Waals surface area contributed by atoms with Gasteiger partial charge in [-0.2, -0.15) is 0 Å². The maximum Gasteiger partial charge on any atom is 0.191 e. The van der Waals surface area contributed by atoms with Gasteiger partial charge in [0.2, 0.25) is 0 Å². The molecule has 31 heavy (non-hydrogen) atoms. The van der Waals surface area contributed by atoms with Gasteiger partial charge in [0.1, 0.15) is 30.1 Å². The fraction of sp³-hybridized carbons (Fsp3) is 0.429. The van der Waals surface area contributed by atoms with Crippen LogP contribution < -0.4 is 20.3 Å². The number of hydrogen-bond donors (Lipinski definition) is 3. The average Bonchev–Trinajstić information content (AvgIpc) is 3.20. The second kappa shape index (κ2) is 12.9. The largest absolute Gasteiger partial charge is 0.491 e. The number of aromatic nitrogens is 1. The Morgan fingerprint density at radius 1 is 1.39 bits per heavy atom. The third-order valence-electron chi connectivity index (χ3n) is 4.63. The normalized spacial score (nSPS) is 17.1.